The molecule has 9 heteroatoms. The van der Waals surface area contributed by atoms with E-state index < -0.39 is 5.82 Å². The highest BCUT2D eigenvalue weighted by Gasteiger charge is 2.48. The molecular weight excluding hydrogens is 555 g/mol. The minimum Gasteiger partial charge on any atom is -0.507 e. The molecule has 8 nitrogen and oxygen atoms in total. The summed E-state index contributed by atoms with van der Waals surface area (Å²) in [6.45, 7) is 12.0. The quantitative estimate of drug-likeness (QED) is 0.250. The highest BCUT2D eigenvalue weighted by Crippen LogP contribution is 2.43. The number of halogens is 1. The maximum absolute atomic E-state index is 16.8. The lowest BCUT2D eigenvalue weighted by Gasteiger charge is -2.34. The largest absolute Gasteiger partial charge is 0.507 e. The molecule has 2 bridgehead atoms. The predicted molar refractivity (Wildman–Crippen MR) is 169 cm³/mol. The monoisotopic (exact) mass is 588 g/mol. The van der Waals surface area contributed by atoms with Crippen LogP contribution in [0.25, 0.3) is 32.9 Å². The fourth-order valence-electron chi connectivity index (χ4n) is 7.85. The number of phenolic OH excluding ortho intramolecular Hbond substituents is 1. The highest BCUT2D eigenvalue weighted by atomic mass is 19.1. The number of hydrogen-bond acceptors (Lipinski definition) is 8. The van der Waals surface area contributed by atoms with Gasteiger partial charge in [-0.05, 0) is 43.9 Å². The summed E-state index contributed by atoms with van der Waals surface area (Å²) in [5, 5.41) is 15.9. The summed E-state index contributed by atoms with van der Waals surface area (Å²) in [4.78, 5) is 18.8. The van der Waals surface area contributed by atoms with E-state index in [1.54, 1.807) is 30.5 Å². The number of aromatic nitrogens is 3. The van der Waals surface area contributed by atoms with Gasteiger partial charge in [-0.1, -0.05) is 42.4 Å². The van der Waals surface area contributed by atoms with Gasteiger partial charge in [-0.2, -0.15) is 9.97 Å². The molecule has 0 spiro atoms. The lowest BCUT2D eigenvalue weighted by atomic mass is 9.92. The first-order chi connectivity index (χ1) is 21.3. The standard InChI is InChI=1S/C35H33FN6O2/c1-4-22-6-5-7-25-28(43)11-10-26(29(22)25)31-30(36)32-27(14-37-31)33(41-17-23-8-9-24(18-41)38-23)40-34(39-32)44-19-35-12-20(2)15-42(35)16-21(3)13-35/h1,5-7,10-11,14,23-24,38,43H,2-3,8-9,12-13,15-19H2/t23-,24+. The van der Waals surface area contributed by atoms with Crippen molar-refractivity contribution in [2.24, 2.45) is 0 Å². The second kappa shape index (κ2) is 10.0. The third-order valence-electron chi connectivity index (χ3n) is 9.72. The molecule has 2 aromatic carbocycles. The number of rotatable bonds is 5. The third kappa shape index (κ3) is 4.24. The number of nitrogens with one attached hydrogen (secondary N) is 1. The van der Waals surface area contributed by atoms with E-state index in [0.717, 1.165) is 51.9 Å². The van der Waals surface area contributed by atoms with E-state index in [4.69, 9.17) is 16.1 Å². The van der Waals surface area contributed by atoms with Gasteiger partial charge in [0.2, 0.25) is 0 Å². The number of anilines is 1. The van der Waals surface area contributed by atoms with E-state index in [2.05, 4.69) is 44.2 Å². The van der Waals surface area contributed by atoms with Crippen molar-refractivity contribution in [3.8, 4) is 35.4 Å². The zero-order valence-electron chi connectivity index (χ0n) is 24.4. The van der Waals surface area contributed by atoms with Crippen molar-refractivity contribution < 1.29 is 14.2 Å². The topological polar surface area (TPSA) is 86.6 Å². The predicted octanol–water partition coefficient (Wildman–Crippen LogP) is 4.95. The summed E-state index contributed by atoms with van der Waals surface area (Å²) in [7, 11) is 0. The number of piperazine rings is 1. The number of aromatic hydroxyl groups is 1. The molecule has 4 saturated heterocycles. The van der Waals surface area contributed by atoms with E-state index in [1.807, 2.05) is 0 Å². The van der Waals surface area contributed by atoms with Crippen molar-refractivity contribution in [2.75, 3.05) is 37.7 Å². The normalized spacial score (nSPS) is 22.6. The van der Waals surface area contributed by atoms with Crippen molar-refractivity contribution in [1.29, 1.82) is 0 Å². The molecule has 0 amide bonds. The minimum atomic E-state index is -0.587. The van der Waals surface area contributed by atoms with Gasteiger partial charge in [0.25, 0.3) is 0 Å². The van der Waals surface area contributed by atoms with Crippen LogP contribution in [0.15, 0.2) is 60.8 Å². The summed E-state index contributed by atoms with van der Waals surface area (Å²) in [6, 6.07) is 9.34. The molecule has 222 valence electrons. The van der Waals surface area contributed by atoms with Gasteiger partial charge in [0.1, 0.15) is 29.4 Å². The second-order valence-corrected chi connectivity index (χ2v) is 12.8. The number of pyridine rings is 1. The fraction of sp³-hybridized carbons (Fsp3) is 0.343. The first-order valence-corrected chi connectivity index (χ1v) is 15.1. The highest BCUT2D eigenvalue weighted by molar-refractivity contribution is 6.04. The molecule has 4 aromatic rings. The first kappa shape index (κ1) is 27.1. The average molecular weight is 589 g/mol. The molecule has 0 saturated carbocycles. The third-order valence-corrected chi connectivity index (χ3v) is 9.72. The summed E-state index contributed by atoms with van der Waals surface area (Å²) < 4.78 is 23.2. The number of ether oxygens (including phenoxy) is 1. The maximum Gasteiger partial charge on any atom is 0.319 e. The van der Waals surface area contributed by atoms with Gasteiger partial charge >= 0.3 is 6.01 Å². The molecule has 0 aliphatic carbocycles. The Labute approximate surface area is 255 Å². The van der Waals surface area contributed by atoms with E-state index in [-0.39, 0.29) is 28.5 Å². The van der Waals surface area contributed by atoms with Crippen LogP contribution >= 0.6 is 0 Å². The molecular formula is C35H33FN6O2. The molecule has 4 aliphatic heterocycles. The van der Waals surface area contributed by atoms with Gasteiger partial charge in [-0.25, -0.2) is 4.39 Å². The van der Waals surface area contributed by atoms with Crippen LogP contribution < -0.4 is 15.0 Å². The molecule has 0 radical (unpaired) electrons. The van der Waals surface area contributed by atoms with Gasteiger partial charge in [0.05, 0.1) is 10.9 Å². The van der Waals surface area contributed by atoms with E-state index in [0.29, 0.717) is 51.8 Å². The van der Waals surface area contributed by atoms with Crippen molar-refractivity contribution >= 4 is 27.5 Å². The zero-order valence-corrected chi connectivity index (χ0v) is 24.4. The van der Waals surface area contributed by atoms with Crippen molar-refractivity contribution in [3.05, 3.63) is 72.2 Å². The van der Waals surface area contributed by atoms with Crippen LogP contribution in [0.1, 0.15) is 31.2 Å². The number of nitrogens with zero attached hydrogens (tertiary/aromatic N) is 5. The Balaban J connectivity index is 1.26. The Bertz CT molecular complexity index is 1900. The van der Waals surface area contributed by atoms with Crippen molar-refractivity contribution in [1.82, 2.24) is 25.2 Å². The molecule has 44 heavy (non-hydrogen) atoms. The fourth-order valence-corrected chi connectivity index (χ4v) is 7.85. The van der Waals surface area contributed by atoms with Crippen LogP contribution in [0.3, 0.4) is 0 Å². The Kier molecular flexibility index (Phi) is 6.16. The molecule has 0 unspecified atom stereocenters. The van der Waals surface area contributed by atoms with Crippen LogP contribution in [0.4, 0.5) is 10.2 Å². The van der Waals surface area contributed by atoms with Crippen LogP contribution in [0, 0.1) is 18.2 Å². The summed E-state index contributed by atoms with van der Waals surface area (Å²) >= 11 is 0. The van der Waals surface area contributed by atoms with Gasteiger partial charge in [0, 0.05) is 66.4 Å². The molecule has 6 heterocycles. The number of terminal acetylenes is 1. The minimum absolute atomic E-state index is 0.0632. The van der Waals surface area contributed by atoms with Crippen LogP contribution in [-0.4, -0.2) is 75.4 Å². The average Bonchev–Trinajstić information content (AvgIpc) is 3.62. The second-order valence-electron chi connectivity index (χ2n) is 12.8. The number of phenols is 1. The van der Waals surface area contributed by atoms with E-state index >= 15 is 4.39 Å². The Morgan fingerprint density at radius 3 is 2.55 bits per heavy atom. The van der Waals surface area contributed by atoms with Gasteiger partial charge in [-0.15, -0.1) is 6.42 Å². The zero-order chi connectivity index (χ0) is 30.2. The number of benzene rings is 2. The SMILES string of the molecule is C#Cc1cccc2c(O)ccc(-c3ncc4c(N5C[C@H]6CC[C@@H](C5)N6)nc(OCC56CC(=C)CN5CC(=C)C6)nc4c3F)c12. The number of hydrogen-bond donors (Lipinski definition) is 2. The number of fused-ring (bicyclic) bond motifs is 5. The molecule has 4 aliphatic rings. The van der Waals surface area contributed by atoms with Crippen molar-refractivity contribution in [3.63, 3.8) is 0 Å². The lowest BCUT2D eigenvalue weighted by Crippen LogP contribution is -2.51. The first-order valence-electron chi connectivity index (χ1n) is 15.1. The van der Waals surface area contributed by atoms with Gasteiger partial charge in [-0.3, -0.25) is 9.88 Å². The van der Waals surface area contributed by atoms with Crippen LogP contribution in [0.5, 0.6) is 11.8 Å². The Hall–Kier alpha value is -4.52. The maximum atomic E-state index is 16.8. The van der Waals surface area contributed by atoms with Crippen LogP contribution in [-0.2, 0) is 0 Å². The van der Waals surface area contributed by atoms with Gasteiger partial charge < -0.3 is 20.1 Å². The smallest absolute Gasteiger partial charge is 0.319 e. The molecule has 2 N–H and O–H groups in total. The van der Waals surface area contributed by atoms with Gasteiger partial charge in [0.15, 0.2) is 5.82 Å². The van der Waals surface area contributed by atoms with E-state index in [9.17, 15) is 5.11 Å². The molecule has 4 fully saturated rings. The molecule has 8 rings (SSSR count). The molecule has 2 atom stereocenters. The Morgan fingerprint density at radius 1 is 1.07 bits per heavy atom. The van der Waals surface area contributed by atoms with Crippen LogP contribution in [0.2, 0.25) is 0 Å². The summed E-state index contributed by atoms with van der Waals surface area (Å²) in [6.07, 6.45) is 11.3. The lowest BCUT2D eigenvalue weighted by molar-refractivity contribution is 0.108. The Morgan fingerprint density at radius 2 is 1.82 bits per heavy atom. The molecule has 2 aromatic heterocycles. The summed E-state index contributed by atoms with van der Waals surface area (Å²) in [5.41, 5.74) is 3.37. The summed E-state index contributed by atoms with van der Waals surface area (Å²) in [5.74, 6) is 2.77. The van der Waals surface area contributed by atoms with Crippen molar-refractivity contribution in [2.45, 2.75) is 43.3 Å². The van der Waals surface area contributed by atoms with E-state index in [1.165, 1.54) is 17.2 Å².